The van der Waals surface area contributed by atoms with Crippen LogP contribution < -0.4 is 0 Å². The third kappa shape index (κ3) is 3.44. The fourth-order valence-corrected chi connectivity index (χ4v) is 2.74. The number of phenols is 1. The molecule has 2 N–H and O–H groups in total. The quantitative estimate of drug-likeness (QED) is 0.900. The molecule has 1 aliphatic rings. The molecule has 0 aliphatic carbocycles. The number of aliphatic hydroxyl groups excluding tert-OH is 1. The minimum atomic E-state index is 0.276. The Morgan fingerprint density at radius 2 is 2.24 bits per heavy atom. The number of hydrogen-bond acceptors (Lipinski definition) is 3. The van der Waals surface area contributed by atoms with Gasteiger partial charge in [-0.1, -0.05) is 15.9 Å². The number of hydrogen-bond donors (Lipinski definition) is 2. The van der Waals surface area contributed by atoms with Crippen molar-refractivity contribution < 1.29 is 10.2 Å². The highest BCUT2D eigenvalue weighted by atomic mass is 79.9. The molecule has 1 aliphatic heterocycles. The first-order valence-corrected chi connectivity index (χ1v) is 6.79. The van der Waals surface area contributed by atoms with Crippen LogP contribution in [0.5, 0.6) is 5.75 Å². The van der Waals surface area contributed by atoms with Crippen molar-refractivity contribution in [3.63, 3.8) is 0 Å². The van der Waals surface area contributed by atoms with E-state index >= 15 is 0 Å². The van der Waals surface area contributed by atoms with E-state index < -0.39 is 0 Å². The van der Waals surface area contributed by atoms with Crippen molar-refractivity contribution in [2.45, 2.75) is 19.4 Å². The van der Waals surface area contributed by atoms with Crippen molar-refractivity contribution in [2.24, 2.45) is 5.92 Å². The lowest BCUT2D eigenvalue weighted by Gasteiger charge is -2.32. The first kappa shape index (κ1) is 12.9. The Labute approximate surface area is 110 Å². The van der Waals surface area contributed by atoms with Gasteiger partial charge in [-0.3, -0.25) is 4.90 Å². The Kier molecular flexibility index (Phi) is 4.42. The Hall–Kier alpha value is -0.580. The number of halogens is 1. The summed E-state index contributed by atoms with van der Waals surface area (Å²) < 4.78 is 1.03. The van der Waals surface area contributed by atoms with E-state index in [4.69, 9.17) is 0 Å². The Bertz CT molecular complexity index is 384. The van der Waals surface area contributed by atoms with Gasteiger partial charge in [0.05, 0.1) is 0 Å². The standard InChI is InChI=1S/C13H18BrNO2/c14-13-4-3-12(17)6-11(13)8-15-5-1-2-10(7-15)9-16/h3-4,6,10,16-17H,1-2,5,7-9H2. The average molecular weight is 300 g/mol. The number of nitrogens with zero attached hydrogens (tertiary/aromatic N) is 1. The lowest BCUT2D eigenvalue weighted by Crippen LogP contribution is -2.36. The van der Waals surface area contributed by atoms with Crippen LogP contribution in [0.3, 0.4) is 0 Å². The molecule has 3 nitrogen and oxygen atoms in total. The summed E-state index contributed by atoms with van der Waals surface area (Å²) in [6.07, 6.45) is 2.26. The van der Waals surface area contributed by atoms with Crippen molar-refractivity contribution in [3.05, 3.63) is 28.2 Å². The predicted molar refractivity (Wildman–Crippen MR) is 70.9 cm³/mol. The van der Waals surface area contributed by atoms with Gasteiger partial charge in [0.2, 0.25) is 0 Å². The number of aromatic hydroxyl groups is 1. The molecule has 2 rings (SSSR count). The molecule has 1 saturated heterocycles. The van der Waals surface area contributed by atoms with Gasteiger partial charge in [0.15, 0.2) is 0 Å². The number of piperidine rings is 1. The van der Waals surface area contributed by atoms with Crippen LogP contribution in [0, 0.1) is 5.92 Å². The maximum Gasteiger partial charge on any atom is 0.115 e. The third-order valence-electron chi connectivity index (χ3n) is 3.28. The van der Waals surface area contributed by atoms with Crippen molar-refractivity contribution in [3.8, 4) is 5.75 Å². The normalized spacial score (nSPS) is 21.6. The van der Waals surface area contributed by atoms with Crippen LogP contribution in [-0.4, -0.2) is 34.8 Å². The number of likely N-dealkylation sites (tertiary alicyclic amines) is 1. The fraction of sp³-hybridized carbons (Fsp3) is 0.538. The molecule has 0 amide bonds. The van der Waals surface area contributed by atoms with Crippen LogP contribution in [0.2, 0.25) is 0 Å². The van der Waals surface area contributed by atoms with Gasteiger partial charge in [0.25, 0.3) is 0 Å². The molecule has 0 bridgehead atoms. The number of rotatable bonds is 3. The molecule has 1 aromatic rings. The second-order valence-corrected chi connectivity index (χ2v) is 5.56. The molecule has 17 heavy (non-hydrogen) atoms. The summed E-state index contributed by atoms with van der Waals surface area (Å²) in [6, 6.07) is 5.35. The van der Waals surface area contributed by atoms with Gasteiger partial charge in [-0.15, -0.1) is 0 Å². The van der Waals surface area contributed by atoms with Crippen LogP contribution in [0.1, 0.15) is 18.4 Å². The fourth-order valence-electron chi connectivity index (χ4n) is 2.37. The van der Waals surface area contributed by atoms with Crippen LogP contribution in [0.15, 0.2) is 22.7 Å². The number of benzene rings is 1. The van der Waals surface area contributed by atoms with Gasteiger partial charge in [0, 0.05) is 24.2 Å². The third-order valence-corrected chi connectivity index (χ3v) is 4.06. The van der Waals surface area contributed by atoms with Crippen molar-refractivity contribution in [1.82, 2.24) is 4.90 Å². The maximum absolute atomic E-state index is 9.49. The molecule has 1 atom stereocenters. The molecule has 1 heterocycles. The monoisotopic (exact) mass is 299 g/mol. The van der Waals surface area contributed by atoms with Crippen LogP contribution in [0.25, 0.3) is 0 Å². The molecular formula is C13H18BrNO2. The zero-order valence-electron chi connectivity index (χ0n) is 9.77. The summed E-state index contributed by atoms with van der Waals surface area (Å²) in [4.78, 5) is 2.34. The van der Waals surface area contributed by atoms with Crippen LogP contribution in [0.4, 0.5) is 0 Å². The van der Waals surface area contributed by atoms with Gasteiger partial charge in [0.1, 0.15) is 5.75 Å². The second kappa shape index (κ2) is 5.85. The highest BCUT2D eigenvalue weighted by Crippen LogP contribution is 2.25. The van der Waals surface area contributed by atoms with E-state index in [0.29, 0.717) is 11.7 Å². The van der Waals surface area contributed by atoms with Gasteiger partial charge in [-0.05, 0) is 49.1 Å². The maximum atomic E-state index is 9.49. The molecule has 1 unspecified atom stereocenters. The number of aliphatic hydroxyl groups is 1. The first-order chi connectivity index (χ1) is 8.19. The molecular weight excluding hydrogens is 282 g/mol. The van der Waals surface area contributed by atoms with E-state index in [1.807, 2.05) is 6.07 Å². The predicted octanol–water partition coefficient (Wildman–Crippen LogP) is 2.36. The van der Waals surface area contributed by atoms with E-state index in [1.54, 1.807) is 12.1 Å². The molecule has 4 heteroatoms. The lowest BCUT2D eigenvalue weighted by atomic mass is 9.98. The van der Waals surface area contributed by atoms with Crippen LogP contribution >= 0.6 is 15.9 Å². The first-order valence-electron chi connectivity index (χ1n) is 5.99. The Morgan fingerprint density at radius 1 is 1.41 bits per heavy atom. The van der Waals surface area contributed by atoms with E-state index in [9.17, 15) is 10.2 Å². The summed E-state index contributed by atoms with van der Waals surface area (Å²) in [5.74, 6) is 0.707. The number of phenolic OH excluding ortho intramolecular Hbond substituents is 1. The Morgan fingerprint density at radius 3 is 3.00 bits per heavy atom. The highest BCUT2D eigenvalue weighted by Gasteiger charge is 2.19. The lowest BCUT2D eigenvalue weighted by molar-refractivity contribution is 0.115. The van der Waals surface area contributed by atoms with Gasteiger partial charge in [-0.25, -0.2) is 0 Å². The molecule has 0 aromatic heterocycles. The van der Waals surface area contributed by atoms with E-state index in [0.717, 1.165) is 42.5 Å². The summed E-state index contributed by atoms with van der Waals surface area (Å²) in [5.41, 5.74) is 1.10. The molecule has 94 valence electrons. The topological polar surface area (TPSA) is 43.7 Å². The average Bonchev–Trinajstić information content (AvgIpc) is 2.34. The van der Waals surface area contributed by atoms with Gasteiger partial charge in [-0.2, -0.15) is 0 Å². The van der Waals surface area contributed by atoms with Crippen LogP contribution in [-0.2, 0) is 6.54 Å². The molecule has 0 radical (unpaired) electrons. The summed E-state index contributed by atoms with van der Waals surface area (Å²) in [7, 11) is 0. The molecule has 1 aromatic carbocycles. The van der Waals surface area contributed by atoms with E-state index in [-0.39, 0.29) is 6.61 Å². The van der Waals surface area contributed by atoms with E-state index in [1.165, 1.54) is 0 Å². The summed E-state index contributed by atoms with van der Waals surface area (Å²) in [5, 5.41) is 18.7. The highest BCUT2D eigenvalue weighted by molar-refractivity contribution is 9.10. The minimum absolute atomic E-state index is 0.276. The SMILES string of the molecule is OCC1CCCN(Cc2cc(O)ccc2Br)C1. The van der Waals surface area contributed by atoms with Crippen molar-refractivity contribution in [1.29, 1.82) is 0 Å². The zero-order valence-corrected chi connectivity index (χ0v) is 11.4. The molecule has 1 fully saturated rings. The zero-order chi connectivity index (χ0) is 12.3. The van der Waals surface area contributed by atoms with Crippen molar-refractivity contribution in [2.75, 3.05) is 19.7 Å². The second-order valence-electron chi connectivity index (χ2n) is 4.70. The van der Waals surface area contributed by atoms with E-state index in [2.05, 4.69) is 20.8 Å². The Balaban J connectivity index is 2.02. The summed E-state index contributed by atoms with van der Waals surface area (Å²) in [6.45, 7) is 3.11. The molecule has 0 spiro atoms. The minimum Gasteiger partial charge on any atom is -0.508 e. The largest absolute Gasteiger partial charge is 0.508 e. The summed E-state index contributed by atoms with van der Waals surface area (Å²) >= 11 is 3.50. The van der Waals surface area contributed by atoms with Gasteiger partial charge >= 0.3 is 0 Å². The smallest absolute Gasteiger partial charge is 0.115 e. The molecule has 0 saturated carbocycles. The van der Waals surface area contributed by atoms with Crippen molar-refractivity contribution >= 4 is 15.9 Å². The van der Waals surface area contributed by atoms with Gasteiger partial charge < -0.3 is 10.2 Å².